The van der Waals surface area contributed by atoms with Crippen molar-refractivity contribution in [3.05, 3.63) is 24.2 Å². The second-order valence-electron chi connectivity index (χ2n) is 6.30. The molecule has 0 unspecified atom stereocenters. The van der Waals surface area contributed by atoms with Crippen LogP contribution in [0.15, 0.2) is 18.6 Å². The van der Waals surface area contributed by atoms with Gasteiger partial charge in [-0.2, -0.15) is 14.4 Å². The quantitative estimate of drug-likeness (QED) is 0.789. The molecule has 1 saturated heterocycles. The van der Waals surface area contributed by atoms with Crippen molar-refractivity contribution >= 4 is 27.5 Å². The normalized spacial score (nSPS) is 18.4. The fraction of sp³-hybridized carbons (Fsp3) is 0.533. The molecule has 3 rings (SSSR count). The van der Waals surface area contributed by atoms with Crippen LogP contribution >= 0.6 is 0 Å². The van der Waals surface area contributed by atoms with Crippen LogP contribution in [0.2, 0.25) is 0 Å². The fourth-order valence-corrected chi connectivity index (χ4v) is 4.14. The van der Waals surface area contributed by atoms with Gasteiger partial charge in [-0.25, -0.2) is 13.4 Å². The molecule has 1 aliphatic rings. The van der Waals surface area contributed by atoms with Gasteiger partial charge in [0.1, 0.15) is 5.82 Å². The minimum atomic E-state index is -3.17. The van der Waals surface area contributed by atoms with Crippen LogP contribution < -0.4 is 10.6 Å². The van der Waals surface area contributed by atoms with E-state index in [1.54, 1.807) is 21.4 Å². The molecule has 136 valence electrons. The van der Waals surface area contributed by atoms with Gasteiger partial charge < -0.3 is 10.6 Å². The number of rotatable bonds is 6. The van der Waals surface area contributed by atoms with E-state index in [0.29, 0.717) is 24.9 Å². The second kappa shape index (κ2) is 6.96. The maximum Gasteiger partial charge on any atom is 0.229 e. The summed E-state index contributed by atoms with van der Waals surface area (Å²) in [5.74, 6) is 1.16. The molecule has 0 bridgehead atoms. The Hall–Kier alpha value is -2.20. The third-order valence-corrected chi connectivity index (χ3v) is 5.52. The lowest BCUT2D eigenvalue weighted by atomic mass is 10.2. The number of aromatic nitrogens is 4. The number of hydrogen-bond donors (Lipinski definition) is 2. The van der Waals surface area contributed by atoms with E-state index in [1.165, 1.54) is 6.26 Å². The smallest absolute Gasteiger partial charge is 0.229 e. The Balaban J connectivity index is 1.68. The average Bonchev–Trinajstić information content (AvgIpc) is 3.16. The molecule has 1 atom stereocenters. The number of nitrogens with one attached hydrogen (secondary N) is 2. The van der Waals surface area contributed by atoms with Crippen LogP contribution in [0.25, 0.3) is 0 Å². The summed E-state index contributed by atoms with van der Waals surface area (Å²) in [4.78, 5) is 8.76. The summed E-state index contributed by atoms with van der Waals surface area (Å²) in [5, 5.41) is 10.5. The molecule has 2 aromatic rings. The molecule has 0 spiro atoms. The lowest BCUT2D eigenvalue weighted by molar-refractivity contribution is 0.402. The number of aryl methyl sites for hydroxylation is 2. The molecule has 0 saturated carbocycles. The van der Waals surface area contributed by atoms with Crippen LogP contribution in [0, 0.1) is 6.92 Å². The Kier molecular flexibility index (Phi) is 4.91. The number of sulfonamides is 1. The van der Waals surface area contributed by atoms with Crippen molar-refractivity contribution in [1.29, 1.82) is 0 Å². The summed E-state index contributed by atoms with van der Waals surface area (Å²) in [6.45, 7) is 3.03. The van der Waals surface area contributed by atoms with E-state index in [0.717, 1.165) is 24.1 Å². The molecule has 0 radical (unpaired) electrons. The Bertz CT molecular complexity index is 849. The first-order valence-electron chi connectivity index (χ1n) is 8.13. The number of nitrogens with zero attached hydrogens (tertiary/aromatic N) is 5. The zero-order valence-corrected chi connectivity index (χ0v) is 15.4. The average molecular weight is 365 g/mol. The Labute approximate surface area is 147 Å². The first kappa shape index (κ1) is 17.6. The van der Waals surface area contributed by atoms with Gasteiger partial charge >= 0.3 is 0 Å². The molecular formula is C15H23N7O2S. The number of anilines is 3. The Morgan fingerprint density at radius 1 is 1.36 bits per heavy atom. The monoisotopic (exact) mass is 365 g/mol. The number of hydrogen-bond acceptors (Lipinski definition) is 7. The van der Waals surface area contributed by atoms with Crippen LogP contribution in [0.5, 0.6) is 0 Å². The van der Waals surface area contributed by atoms with Crippen molar-refractivity contribution < 1.29 is 8.42 Å². The summed E-state index contributed by atoms with van der Waals surface area (Å²) in [6, 6.07) is -0.0425. The van der Waals surface area contributed by atoms with Crippen molar-refractivity contribution in [3.8, 4) is 0 Å². The molecule has 10 heteroatoms. The van der Waals surface area contributed by atoms with E-state index in [9.17, 15) is 8.42 Å². The highest BCUT2D eigenvalue weighted by atomic mass is 32.2. The summed E-state index contributed by atoms with van der Waals surface area (Å²) in [5.41, 5.74) is 1.71. The SMILES string of the molecule is Cc1cnc(Nc2cnn(C)c2)nc1NC[C@H]1CCCN1S(C)(=O)=O. The van der Waals surface area contributed by atoms with Crippen LogP contribution in [-0.4, -0.2) is 57.9 Å². The molecule has 2 aromatic heterocycles. The Morgan fingerprint density at radius 2 is 2.16 bits per heavy atom. The lowest BCUT2D eigenvalue weighted by Gasteiger charge is -2.23. The maximum atomic E-state index is 11.8. The lowest BCUT2D eigenvalue weighted by Crippen LogP contribution is -2.39. The van der Waals surface area contributed by atoms with Gasteiger partial charge in [-0.15, -0.1) is 0 Å². The zero-order valence-electron chi connectivity index (χ0n) is 14.6. The topological polar surface area (TPSA) is 105 Å². The second-order valence-corrected chi connectivity index (χ2v) is 8.24. The highest BCUT2D eigenvalue weighted by Gasteiger charge is 2.31. The Morgan fingerprint density at radius 3 is 2.84 bits per heavy atom. The van der Waals surface area contributed by atoms with Gasteiger partial charge in [0, 0.05) is 44.1 Å². The van der Waals surface area contributed by atoms with Crippen LogP contribution in [-0.2, 0) is 17.1 Å². The zero-order chi connectivity index (χ0) is 18.0. The summed E-state index contributed by atoms with van der Waals surface area (Å²) in [7, 11) is -1.34. The predicted octanol–water partition coefficient (Wildman–Crippen LogP) is 1.10. The van der Waals surface area contributed by atoms with E-state index in [-0.39, 0.29) is 6.04 Å². The van der Waals surface area contributed by atoms with Crippen LogP contribution in [0.1, 0.15) is 18.4 Å². The van der Waals surface area contributed by atoms with E-state index >= 15 is 0 Å². The molecular weight excluding hydrogens is 342 g/mol. The highest BCUT2D eigenvalue weighted by Crippen LogP contribution is 2.22. The maximum absolute atomic E-state index is 11.8. The van der Waals surface area contributed by atoms with Gasteiger partial charge in [0.2, 0.25) is 16.0 Å². The first-order valence-corrected chi connectivity index (χ1v) is 9.98. The van der Waals surface area contributed by atoms with Gasteiger partial charge in [0.15, 0.2) is 0 Å². The first-order chi connectivity index (χ1) is 11.8. The van der Waals surface area contributed by atoms with E-state index in [1.807, 2.05) is 20.2 Å². The van der Waals surface area contributed by atoms with Crippen molar-refractivity contribution in [1.82, 2.24) is 24.1 Å². The largest absolute Gasteiger partial charge is 0.368 e. The van der Waals surface area contributed by atoms with E-state index < -0.39 is 10.0 Å². The van der Waals surface area contributed by atoms with Crippen molar-refractivity contribution in [2.24, 2.45) is 7.05 Å². The molecule has 1 fully saturated rings. The van der Waals surface area contributed by atoms with Crippen LogP contribution in [0.4, 0.5) is 17.5 Å². The molecule has 0 aliphatic carbocycles. The van der Waals surface area contributed by atoms with E-state index in [4.69, 9.17) is 0 Å². The molecule has 3 heterocycles. The molecule has 0 amide bonds. The third kappa shape index (κ3) is 4.26. The minimum Gasteiger partial charge on any atom is -0.368 e. The van der Waals surface area contributed by atoms with Crippen molar-refractivity contribution in [3.63, 3.8) is 0 Å². The van der Waals surface area contributed by atoms with Crippen molar-refractivity contribution in [2.45, 2.75) is 25.8 Å². The van der Waals surface area contributed by atoms with Gasteiger partial charge in [-0.05, 0) is 19.8 Å². The summed E-state index contributed by atoms with van der Waals surface area (Å²) < 4.78 is 26.9. The van der Waals surface area contributed by atoms with E-state index in [2.05, 4.69) is 25.7 Å². The molecule has 9 nitrogen and oxygen atoms in total. The molecule has 0 aromatic carbocycles. The third-order valence-electron chi connectivity index (χ3n) is 4.19. The van der Waals surface area contributed by atoms with Gasteiger partial charge in [0.05, 0.1) is 18.1 Å². The standard InChI is InChI=1S/C15H23N7O2S/c1-11-7-17-15(19-12-8-18-21(2)10-12)20-14(11)16-9-13-5-4-6-22(13)25(3,23)24/h7-8,10,13H,4-6,9H2,1-3H3,(H2,16,17,19,20)/t13-/m1/s1. The molecule has 25 heavy (non-hydrogen) atoms. The summed E-state index contributed by atoms with van der Waals surface area (Å²) in [6.07, 6.45) is 8.26. The minimum absolute atomic E-state index is 0.0425. The highest BCUT2D eigenvalue weighted by molar-refractivity contribution is 7.88. The van der Waals surface area contributed by atoms with Crippen LogP contribution in [0.3, 0.4) is 0 Å². The van der Waals surface area contributed by atoms with Gasteiger partial charge in [0.25, 0.3) is 0 Å². The van der Waals surface area contributed by atoms with Gasteiger partial charge in [-0.3, -0.25) is 4.68 Å². The molecule has 2 N–H and O–H groups in total. The molecule has 1 aliphatic heterocycles. The summed E-state index contributed by atoms with van der Waals surface area (Å²) >= 11 is 0. The predicted molar refractivity (Wildman–Crippen MR) is 96.3 cm³/mol. The fourth-order valence-electron chi connectivity index (χ4n) is 2.96. The van der Waals surface area contributed by atoms with Crippen molar-refractivity contribution in [2.75, 3.05) is 30.0 Å². The van der Waals surface area contributed by atoms with Gasteiger partial charge in [-0.1, -0.05) is 0 Å².